The summed E-state index contributed by atoms with van der Waals surface area (Å²) >= 11 is 0. The van der Waals surface area contributed by atoms with Crippen LogP contribution in [0.3, 0.4) is 0 Å². The molecule has 0 heterocycles. The van der Waals surface area contributed by atoms with E-state index in [2.05, 4.69) is 0 Å². The lowest BCUT2D eigenvalue weighted by Gasteiger charge is -2.14. The Hall–Kier alpha value is -1.84. The van der Waals surface area contributed by atoms with Crippen molar-refractivity contribution in [2.24, 2.45) is 0 Å². The van der Waals surface area contributed by atoms with Gasteiger partial charge in [-0.25, -0.2) is 8.78 Å². The summed E-state index contributed by atoms with van der Waals surface area (Å²) in [5, 5.41) is 8.52. The average molecular weight is 236 g/mol. The van der Waals surface area contributed by atoms with Gasteiger partial charge in [0.2, 0.25) is 0 Å². The van der Waals surface area contributed by atoms with Crippen molar-refractivity contribution < 1.29 is 22.0 Å². The van der Waals surface area contributed by atoms with Crippen LogP contribution in [0.2, 0.25) is 0 Å². The average Bonchev–Trinajstić information content (AvgIpc) is 2.13. The Kier molecular flexibility index (Phi) is 2.77. The molecule has 0 saturated heterocycles. The molecule has 0 spiro atoms. The summed E-state index contributed by atoms with van der Waals surface area (Å²) in [5.74, 6) is -3.93. The van der Waals surface area contributed by atoms with E-state index in [0.717, 1.165) is 6.92 Å². The molecule has 2 nitrogen and oxygen atoms in total. The monoisotopic (exact) mass is 236 g/mol. The maximum absolute atomic E-state index is 13.1. The van der Waals surface area contributed by atoms with Crippen LogP contribution in [0.4, 0.5) is 27.6 Å². The second-order valence-electron chi connectivity index (χ2n) is 3.03. The Bertz CT molecular complexity index is 484. The zero-order chi connectivity index (χ0) is 12.7. The first-order chi connectivity index (χ1) is 7.21. The third-order valence-electron chi connectivity index (χ3n) is 2.06. The number of anilines is 1. The summed E-state index contributed by atoms with van der Waals surface area (Å²) in [5.41, 5.74) is 0.876. The Morgan fingerprint density at radius 2 is 1.69 bits per heavy atom. The lowest BCUT2D eigenvalue weighted by Crippen LogP contribution is -2.15. The molecule has 0 aliphatic heterocycles. The Labute approximate surface area is 87.1 Å². The van der Waals surface area contributed by atoms with Crippen LogP contribution in [0.15, 0.2) is 0 Å². The molecule has 0 bridgehead atoms. The SMILES string of the molecule is Cc1c(C#N)c(N)c(F)c(F)c1C(F)(F)F. The van der Waals surface area contributed by atoms with Gasteiger partial charge in [-0.05, 0) is 12.5 Å². The first-order valence-corrected chi connectivity index (χ1v) is 3.96. The number of rotatable bonds is 0. The van der Waals surface area contributed by atoms with E-state index in [4.69, 9.17) is 11.0 Å². The van der Waals surface area contributed by atoms with Crippen molar-refractivity contribution in [3.05, 3.63) is 28.3 Å². The summed E-state index contributed by atoms with van der Waals surface area (Å²) in [6.07, 6.45) is -5.08. The molecule has 7 heteroatoms. The van der Waals surface area contributed by atoms with Crippen molar-refractivity contribution in [1.82, 2.24) is 0 Å². The van der Waals surface area contributed by atoms with Crippen molar-refractivity contribution in [3.8, 4) is 6.07 Å². The van der Waals surface area contributed by atoms with Gasteiger partial charge >= 0.3 is 6.18 Å². The Balaban J connectivity index is 3.78. The van der Waals surface area contributed by atoms with Crippen molar-refractivity contribution in [2.75, 3.05) is 5.73 Å². The van der Waals surface area contributed by atoms with E-state index in [1.165, 1.54) is 6.07 Å². The second kappa shape index (κ2) is 3.63. The van der Waals surface area contributed by atoms with Crippen molar-refractivity contribution >= 4 is 5.69 Å². The molecule has 0 atom stereocenters. The van der Waals surface area contributed by atoms with Gasteiger partial charge in [0.05, 0.1) is 16.8 Å². The molecule has 0 aliphatic carbocycles. The number of alkyl halides is 3. The molecule has 0 radical (unpaired) electrons. The molecule has 0 saturated carbocycles. The fourth-order valence-corrected chi connectivity index (χ4v) is 1.31. The zero-order valence-electron chi connectivity index (χ0n) is 7.91. The van der Waals surface area contributed by atoms with E-state index in [1.54, 1.807) is 0 Å². The predicted molar refractivity (Wildman–Crippen MR) is 45.2 cm³/mol. The highest BCUT2D eigenvalue weighted by Gasteiger charge is 2.39. The van der Waals surface area contributed by atoms with Crippen LogP contribution in [0.5, 0.6) is 0 Å². The maximum Gasteiger partial charge on any atom is 0.419 e. The minimum absolute atomic E-state index is 0.703. The number of nitrogens with two attached hydrogens (primary N) is 1. The van der Waals surface area contributed by atoms with Gasteiger partial charge < -0.3 is 5.73 Å². The van der Waals surface area contributed by atoms with E-state index in [9.17, 15) is 22.0 Å². The number of nitrogens with zero attached hydrogens (tertiary/aromatic N) is 1. The normalized spacial score (nSPS) is 11.3. The quantitative estimate of drug-likeness (QED) is 0.556. The number of benzene rings is 1. The Morgan fingerprint density at radius 3 is 2.06 bits per heavy atom. The van der Waals surface area contributed by atoms with Gasteiger partial charge in [-0.2, -0.15) is 18.4 Å². The van der Waals surface area contributed by atoms with Gasteiger partial charge in [-0.3, -0.25) is 0 Å². The molecule has 86 valence electrons. The third-order valence-corrected chi connectivity index (χ3v) is 2.06. The van der Waals surface area contributed by atoms with Gasteiger partial charge in [-0.1, -0.05) is 0 Å². The highest BCUT2D eigenvalue weighted by molar-refractivity contribution is 5.61. The molecule has 2 N–H and O–H groups in total. The maximum atomic E-state index is 13.1. The molecule has 16 heavy (non-hydrogen) atoms. The van der Waals surface area contributed by atoms with Crippen LogP contribution in [-0.2, 0) is 6.18 Å². The molecular weight excluding hydrogens is 231 g/mol. The molecule has 0 amide bonds. The van der Waals surface area contributed by atoms with Gasteiger partial charge in [-0.15, -0.1) is 0 Å². The largest absolute Gasteiger partial charge is 0.419 e. The number of hydrogen-bond acceptors (Lipinski definition) is 2. The molecular formula is C9H5F5N2. The molecule has 1 rings (SSSR count). The highest BCUT2D eigenvalue weighted by Crippen LogP contribution is 2.38. The lowest BCUT2D eigenvalue weighted by molar-refractivity contribution is -0.140. The smallest absolute Gasteiger partial charge is 0.395 e. The molecule has 0 aliphatic rings. The summed E-state index contributed by atoms with van der Waals surface area (Å²) in [7, 11) is 0. The fraction of sp³-hybridized carbons (Fsp3) is 0.222. The minimum atomic E-state index is -5.08. The Morgan fingerprint density at radius 1 is 1.19 bits per heavy atom. The number of nitriles is 1. The van der Waals surface area contributed by atoms with E-state index in [0.29, 0.717) is 0 Å². The minimum Gasteiger partial charge on any atom is -0.395 e. The van der Waals surface area contributed by atoms with Crippen LogP contribution in [-0.4, -0.2) is 0 Å². The number of nitrogen functional groups attached to an aromatic ring is 1. The van der Waals surface area contributed by atoms with Crippen LogP contribution in [0.25, 0.3) is 0 Å². The van der Waals surface area contributed by atoms with Crippen molar-refractivity contribution in [2.45, 2.75) is 13.1 Å². The highest BCUT2D eigenvalue weighted by atomic mass is 19.4. The van der Waals surface area contributed by atoms with Gasteiger partial charge in [0.25, 0.3) is 0 Å². The summed E-state index contributed by atoms with van der Waals surface area (Å²) in [6.45, 7) is 0.861. The second-order valence-corrected chi connectivity index (χ2v) is 3.03. The fourth-order valence-electron chi connectivity index (χ4n) is 1.31. The number of hydrogen-bond donors (Lipinski definition) is 1. The van der Waals surface area contributed by atoms with Crippen LogP contribution < -0.4 is 5.73 Å². The lowest BCUT2D eigenvalue weighted by atomic mass is 9.99. The van der Waals surface area contributed by atoms with Gasteiger partial charge in [0, 0.05) is 0 Å². The summed E-state index contributed by atoms with van der Waals surface area (Å²) in [4.78, 5) is 0. The summed E-state index contributed by atoms with van der Waals surface area (Å²) in [6, 6.07) is 1.31. The van der Waals surface area contributed by atoms with E-state index in [1.807, 2.05) is 0 Å². The van der Waals surface area contributed by atoms with Crippen LogP contribution in [0.1, 0.15) is 16.7 Å². The first kappa shape index (κ1) is 12.2. The van der Waals surface area contributed by atoms with E-state index in [-0.39, 0.29) is 0 Å². The van der Waals surface area contributed by atoms with Gasteiger partial charge in [0.15, 0.2) is 11.6 Å². The van der Waals surface area contributed by atoms with Crippen LogP contribution >= 0.6 is 0 Å². The van der Waals surface area contributed by atoms with E-state index < -0.39 is 40.2 Å². The van der Waals surface area contributed by atoms with E-state index >= 15 is 0 Å². The topological polar surface area (TPSA) is 49.8 Å². The molecule has 1 aromatic rings. The molecule has 0 unspecified atom stereocenters. The molecule has 0 aromatic heterocycles. The molecule has 1 aromatic carbocycles. The zero-order valence-corrected chi connectivity index (χ0v) is 7.91. The standard InChI is InChI=1S/C9H5F5N2/c1-3-4(2-15)8(16)7(11)6(10)5(3)9(12,13)14/h16H2,1H3. The van der Waals surface area contributed by atoms with Gasteiger partial charge in [0.1, 0.15) is 6.07 Å². The van der Waals surface area contributed by atoms with Crippen LogP contribution in [0, 0.1) is 29.9 Å². The predicted octanol–water partition coefficient (Wildman–Crippen LogP) is 2.75. The molecule has 0 fully saturated rings. The van der Waals surface area contributed by atoms with Crippen molar-refractivity contribution in [1.29, 1.82) is 5.26 Å². The van der Waals surface area contributed by atoms with Crippen molar-refractivity contribution in [3.63, 3.8) is 0 Å². The first-order valence-electron chi connectivity index (χ1n) is 3.96. The number of halogens is 5. The summed E-state index contributed by atoms with van der Waals surface area (Å²) < 4.78 is 63.2. The third kappa shape index (κ3) is 1.66.